The van der Waals surface area contributed by atoms with Crippen molar-refractivity contribution in [1.29, 1.82) is 0 Å². The molecule has 0 aliphatic carbocycles. The lowest BCUT2D eigenvalue weighted by Gasteiger charge is -2.35. The second-order valence-electron chi connectivity index (χ2n) is 7.23. The summed E-state index contributed by atoms with van der Waals surface area (Å²) in [5.74, 6) is 0.253. The molecular weight excluding hydrogens is 350 g/mol. The molecule has 2 amide bonds. The van der Waals surface area contributed by atoms with Gasteiger partial charge in [0.25, 0.3) is 5.91 Å². The third-order valence-corrected chi connectivity index (χ3v) is 5.53. The Labute approximate surface area is 160 Å². The molecule has 2 aliphatic heterocycles. The van der Waals surface area contributed by atoms with Gasteiger partial charge in [-0.2, -0.15) is 0 Å². The fraction of sp³-hybridized carbons (Fsp3) is 0.600. The number of hydrogen-bond donors (Lipinski definition) is 0. The van der Waals surface area contributed by atoms with E-state index in [0.29, 0.717) is 30.2 Å². The summed E-state index contributed by atoms with van der Waals surface area (Å²) in [6.45, 7) is 5.05. The normalized spacial score (nSPS) is 19.7. The number of benzene rings is 1. The highest BCUT2D eigenvalue weighted by Crippen LogP contribution is 2.15. The van der Waals surface area contributed by atoms with Crippen molar-refractivity contribution < 1.29 is 9.59 Å². The number of halogens is 1. The maximum absolute atomic E-state index is 12.6. The number of carbonyl (C=O) groups is 2. The first-order valence-electron chi connectivity index (χ1n) is 9.68. The minimum absolute atomic E-state index is 0.0160. The Bertz CT molecular complexity index is 621. The zero-order valence-corrected chi connectivity index (χ0v) is 16.1. The number of hydrogen-bond acceptors (Lipinski definition) is 3. The SMILES string of the molecule is O=C(CN1CCN(C(=O)c2cccc(Cl)c2)CC1)N1CCCCCCC1. The first kappa shape index (κ1) is 19.2. The van der Waals surface area contributed by atoms with Crippen molar-refractivity contribution in [3.8, 4) is 0 Å². The Hall–Kier alpha value is -1.59. The summed E-state index contributed by atoms with van der Waals surface area (Å²) in [6, 6.07) is 7.08. The Morgan fingerprint density at radius 1 is 0.846 bits per heavy atom. The molecule has 3 rings (SSSR count). The zero-order valence-electron chi connectivity index (χ0n) is 15.3. The maximum atomic E-state index is 12.6. The van der Waals surface area contributed by atoms with Crippen molar-refractivity contribution >= 4 is 23.4 Å². The highest BCUT2D eigenvalue weighted by atomic mass is 35.5. The first-order valence-corrected chi connectivity index (χ1v) is 10.1. The number of rotatable bonds is 3. The van der Waals surface area contributed by atoms with Crippen LogP contribution >= 0.6 is 11.6 Å². The summed E-state index contributed by atoms with van der Waals surface area (Å²) in [5, 5.41) is 0.577. The van der Waals surface area contributed by atoms with Gasteiger partial charge in [0, 0.05) is 49.9 Å². The van der Waals surface area contributed by atoms with E-state index in [9.17, 15) is 9.59 Å². The van der Waals surface area contributed by atoms with Gasteiger partial charge in [-0.15, -0.1) is 0 Å². The average molecular weight is 378 g/mol. The van der Waals surface area contributed by atoms with E-state index in [2.05, 4.69) is 4.90 Å². The van der Waals surface area contributed by atoms with E-state index in [1.54, 1.807) is 24.3 Å². The molecule has 6 heteroatoms. The monoisotopic (exact) mass is 377 g/mol. The Balaban J connectivity index is 1.47. The molecule has 0 atom stereocenters. The lowest BCUT2D eigenvalue weighted by atomic mass is 10.1. The van der Waals surface area contributed by atoms with Gasteiger partial charge in [0.05, 0.1) is 6.54 Å². The maximum Gasteiger partial charge on any atom is 0.253 e. The lowest BCUT2D eigenvalue weighted by molar-refractivity contribution is -0.133. The molecule has 2 saturated heterocycles. The van der Waals surface area contributed by atoms with Crippen LogP contribution in [0, 0.1) is 0 Å². The largest absolute Gasteiger partial charge is 0.342 e. The highest BCUT2D eigenvalue weighted by Gasteiger charge is 2.25. The van der Waals surface area contributed by atoms with Crippen LogP contribution in [0.4, 0.5) is 0 Å². The van der Waals surface area contributed by atoms with Gasteiger partial charge >= 0.3 is 0 Å². The Morgan fingerprint density at radius 3 is 2.15 bits per heavy atom. The van der Waals surface area contributed by atoms with Gasteiger partial charge in [-0.05, 0) is 31.0 Å². The molecule has 2 heterocycles. The topological polar surface area (TPSA) is 43.9 Å². The number of piperazine rings is 1. The van der Waals surface area contributed by atoms with Crippen molar-refractivity contribution in [2.75, 3.05) is 45.8 Å². The van der Waals surface area contributed by atoms with E-state index >= 15 is 0 Å². The van der Waals surface area contributed by atoms with Crippen LogP contribution in [0.25, 0.3) is 0 Å². The summed E-state index contributed by atoms with van der Waals surface area (Å²) < 4.78 is 0. The minimum atomic E-state index is 0.0160. The van der Waals surface area contributed by atoms with E-state index in [1.165, 1.54) is 19.3 Å². The Morgan fingerprint density at radius 2 is 1.50 bits per heavy atom. The van der Waals surface area contributed by atoms with Crippen LogP contribution in [0.5, 0.6) is 0 Å². The van der Waals surface area contributed by atoms with Gasteiger partial charge in [0.15, 0.2) is 0 Å². The lowest BCUT2D eigenvalue weighted by Crippen LogP contribution is -2.51. The van der Waals surface area contributed by atoms with Crippen molar-refractivity contribution in [3.05, 3.63) is 34.9 Å². The molecule has 142 valence electrons. The third-order valence-electron chi connectivity index (χ3n) is 5.30. The van der Waals surface area contributed by atoms with Crippen molar-refractivity contribution in [1.82, 2.24) is 14.7 Å². The standard InChI is InChI=1S/C20H28ClN3O2/c21-18-8-6-7-17(15-18)20(26)24-13-11-22(12-14-24)16-19(25)23-9-4-2-1-3-5-10-23/h6-8,15H,1-5,9-14,16H2. The van der Waals surface area contributed by atoms with Gasteiger partial charge in [-0.25, -0.2) is 0 Å². The molecule has 0 radical (unpaired) electrons. The molecule has 1 aromatic rings. The molecule has 2 fully saturated rings. The van der Waals surface area contributed by atoms with Gasteiger partial charge in [-0.3, -0.25) is 14.5 Å². The fourth-order valence-electron chi connectivity index (χ4n) is 3.70. The van der Waals surface area contributed by atoms with Crippen molar-refractivity contribution in [2.24, 2.45) is 0 Å². The van der Waals surface area contributed by atoms with E-state index < -0.39 is 0 Å². The Kier molecular flexibility index (Phi) is 6.92. The number of nitrogens with zero attached hydrogens (tertiary/aromatic N) is 3. The molecular formula is C20H28ClN3O2. The zero-order chi connectivity index (χ0) is 18.4. The van der Waals surface area contributed by atoms with Gasteiger partial charge in [0.1, 0.15) is 0 Å². The number of amides is 2. The highest BCUT2D eigenvalue weighted by molar-refractivity contribution is 6.30. The average Bonchev–Trinajstić information content (AvgIpc) is 2.61. The van der Waals surface area contributed by atoms with Crippen LogP contribution in [0.15, 0.2) is 24.3 Å². The minimum Gasteiger partial charge on any atom is -0.342 e. The van der Waals surface area contributed by atoms with Crippen LogP contribution < -0.4 is 0 Å². The van der Waals surface area contributed by atoms with Crippen molar-refractivity contribution in [2.45, 2.75) is 32.1 Å². The summed E-state index contributed by atoms with van der Waals surface area (Å²) in [6.07, 6.45) is 5.99. The first-order chi connectivity index (χ1) is 12.6. The van der Waals surface area contributed by atoms with Crippen LogP contribution in [0.2, 0.25) is 5.02 Å². The molecule has 0 unspecified atom stereocenters. The molecule has 2 aliphatic rings. The van der Waals surface area contributed by atoms with Gasteiger partial charge in [0.2, 0.25) is 5.91 Å². The van der Waals surface area contributed by atoms with Crippen LogP contribution in [-0.2, 0) is 4.79 Å². The second-order valence-corrected chi connectivity index (χ2v) is 7.66. The molecule has 0 N–H and O–H groups in total. The summed E-state index contributed by atoms with van der Waals surface area (Å²) in [4.78, 5) is 31.2. The van der Waals surface area contributed by atoms with Crippen molar-refractivity contribution in [3.63, 3.8) is 0 Å². The molecule has 0 spiro atoms. The van der Waals surface area contributed by atoms with E-state index in [-0.39, 0.29) is 11.8 Å². The number of likely N-dealkylation sites (tertiary alicyclic amines) is 1. The van der Waals surface area contributed by atoms with E-state index in [1.807, 2.05) is 9.80 Å². The van der Waals surface area contributed by atoms with E-state index in [4.69, 9.17) is 11.6 Å². The molecule has 5 nitrogen and oxygen atoms in total. The molecule has 0 aromatic heterocycles. The van der Waals surface area contributed by atoms with E-state index in [0.717, 1.165) is 39.0 Å². The molecule has 1 aromatic carbocycles. The summed E-state index contributed by atoms with van der Waals surface area (Å²) >= 11 is 5.98. The summed E-state index contributed by atoms with van der Waals surface area (Å²) in [7, 11) is 0. The number of carbonyl (C=O) groups excluding carboxylic acids is 2. The smallest absolute Gasteiger partial charge is 0.253 e. The van der Waals surface area contributed by atoms with Crippen LogP contribution in [0.3, 0.4) is 0 Å². The third kappa shape index (κ3) is 5.21. The molecule has 26 heavy (non-hydrogen) atoms. The summed E-state index contributed by atoms with van der Waals surface area (Å²) in [5.41, 5.74) is 0.627. The quantitative estimate of drug-likeness (QED) is 0.813. The predicted octanol–water partition coefficient (Wildman–Crippen LogP) is 2.89. The van der Waals surface area contributed by atoms with Gasteiger partial charge in [-0.1, -0.05) is 36.9 Å². The van der Waals surface area contributed by atoms with Crippen LogP contribution in [0.1, 0.15) is 42.5 Å². The van der Waals surface area contributed by atoms with Crippen LogP contribution in [-0.4, -0.2) is 72.3 Å². The van der Waals surface area contributed by atoms with Gasteiger partial charge < -0.3 is 9.80 Å². The second kappa shape index (κ2) is 9.38. The molecule has 0 bridgehead atoms. The fourth-order valence-corrected chi connectivity index (χ4v) is 3.89. The molecule has 0 saturated carbocycles. The predicted molar refractivity (Wildman–Crippen MR) is 103 cm³/mol.